The molecule has 7 heteroatoms. The molecule has 0 radical (unpaired) electrons. The molecule has 0 fully saturated rings. The van der Waals surface area contributed by atoms with Crippen molar-refractivity contribution in [3.8, 4) is 22.5 Å². The van der Waals surface area contributed by atoms with Gasteiger partial charge in [0.2, 0.25) is 0 Å². The fraction of sp³-hybridized carbons (Fsp3) is 0.0588. The maximum Gasteiger partial charge on any atom is 0.139 e. The number of furan rings is 1. The molecule has 4 rings (SSSR count). The van der Waals surface area contributed by atoms with Crippen molar-refractivity contribution in [1.82, 2.24) is 14.8 Å². The Balaban J connectivity index is 0.00000104. The summed E-state index contributed by atoms with van der Waals surface area (Å²) in [6, 6.07) is 11.8. The van der Waals surface area contributed by atoms with Gasteiger partial charge in [-0.1, -0.05) is 18.2 Å². The molecule has 0 saturated carbocycles. The Bertz CT molecular complexity index is 945. The average Bonchev–Trinajstić information content (AvgIpc) is 3.13. The van der Waals surface area contributed by atoms with E-state index in [1.807, 2.05) is 49.6 Å². The Labute approximate surface area is 151 Å². The van der Waals surface area contributed by atoms with Crippen molar-refractivity contribution in [2.45, 2.75) is 0 Å². The Morgan fingerprint density at radius 2 is 1.83 bits per heavy atom. The van der Waals surface area contributed by atoms with E-state index in [4.69, 9.17) is 10.2 Å². The van der Waals surface area contributed by atoms with Gasteiger partial charge in [-0.05, 0) is 18.2 Å². The summed E-state index contributed by atoms with van der Waals surface area (Å²) in [4.78, 5) is 4.29. The molecule has 0 aliphatic rings. The maximum atomic E-state index is 6.03. The second-order valence-corrected chi connectivity index (χ2v) is 5.21. The predicted molar refractivity (Wildman–Crippen MR) is 101 cm³/mol. The van der Waals surface area contributed by atoms with Gasteiger partial charge in [0.25, 0.3) is 0 Å². The SMILES string of the molecule is Cl.Cl.Cn1cc(-c2cnc(N)c(-c3cc4ccccc4o3)c2)cn1. The van der Waals surface area contributed by atoms with Crippen LogP contribution in [0.4, 0.5) is 5.82 Å². The highest BCUT2D eigenvalue weighted by Crippen LogP contribution is 2.33. The third-order valence-corrected chi connectivity index (χ3v) is 3.65. The van der Waals surface area contributed by atoms with E-state index in [-0.39, 0.29) is 24.8 Å². The molecule has 3 heterocycles. The number of nitrogens with zero attached hydrogens (tertiary/aromatic N) is 3. The van der Waals surface area contributed by atoms with Gasteiger partial charge >= 0.3 is 0 Å². The predicted octanol–water partition coefficient (Wildman–Crippen LogP) is 4.32. The average molecular weight is 363 g/mol. The van der Waals surface area contributed by atoms with E-state index in [1.54, 1.807) is 17.1 Å². The van der Waals surface area contributed by atoms with Gasteiger partial charge in [0, 0.05) is 36.0 Å². The number of hydrogen-bond donors (Lipinski definition) is 1. The van der Waals surface area contributed by atoms with Crippen molar-refractivity contribution >= 4 is 41.6 Å². The van der Waals surface area contributed by atoms with Crippen LogP contribution in [0.5, 0.6) is 0 Å². The summed E-state index contributed by atoms with van der Waals surface area (Å²) in [5.74, 6) is 1.17. The number of aromatic nitrogens is 3. The van der Waals surface area contributed by atoms with Crippen LogP contribution in [0, 0.1) is 0 Å². The fourth-order valence-corrected chi connectivity index (χ4v) is 2.52. The molecule has 0 bridgehead atoms. The molecule has 1 aromatic carbocycles. The summed E-state index contributed by atoms with van der Waals surface area (Å²) in [5, 5.41) is 5.23. The van der Waals surface area contributed by atoms with Crippen molar-refractivity contribution < 1.29 is 4.42 Å². The lowest BCUT2D eigenvalue weighted by Gasteiger charge is -2.04. The van der Waals surface area contributed by atoms with Crippen molar-refractivity contribution in [2.75, 3.05) is 5.73 Å². The first-order valence-electron chi connectivity index (χ1n) is 6.94. The Kier molecular flexibility index (Phi) is 5.17. The van der Waals surface area contributed by atoms with E-state index in [9.17, 15) is 0 Å². The molecule has 0 spiro atoms. The molecule has 0 saturated heterocycles. The van der Waals surface area contributed by atoms with Gasteiger partial charge in [-0.3, -0.25) is 4.68 Å². The summed E-state index contributed by atoms with van der Waals surface area (Å²) in [6.07, 6.45) is 5.49. The first-order valence-corrected chi connectivity index (χ1v) is 6.94. The Hall–Kier alpha value is -2.50. The minimum absolute atomic E-state index is 0. The third kappa shape index (κ3) is 3.09. The van der Waals surface area contributed by atoms with Crippen LogP contribution in [0.2, 0.25) is 0 Å². The van der Waals surface area contributed by atoms with Crippen LogP contribution in [0.3, 0.4) is 0 Å². The number of para-hydroxylation sites is 1. The van der Waals surface area contributed by atoms with Crippen LogP contribution >= 0.6 is 24.8 Å². The molecule has 124 valence electrons. The molecule has 4 aromatic rings. The lowest BCUT2D eigenvalue weighted by Crippen LogP contribution is -1.94. The first-order chi connectivity index (χ1) is 10.7. The molecule has 0 aliphatic heterocycles. The van der Waals surface area contributed by atoms with E-state index in [2.05, 4.69) is 10.1 Å². The molecule has 2 N–H and O–H groups in total. The molecule has 0 aliphatic carbocycles. The van der Waals surface area contributed by atoms with Gasteiger partial charge < -0.3 is 10.2 Å². The zero-order valence-corrected chi connectivity index (χ0v) is 14.5. The molecule has 0 unspecified atom stereocenters. The van der Waals surface area contributed by atoms with Crippen molar-refractivity contribution in [2.24, 2.45) is 7.05 Å². The zero-order chi connectivity index (χ0) is 15.1. The lowest BCUT2D eigenvalue weighted by molar-refractivity contribution is 0.631. The summed E-state index contributed by atoms with van der Waals surface area (Å²) in [7, 11) is 1.88. The number of fused-ring (bicyclic) bond motifs is 1. The highest BCUT2D eigenvalue weighted by Gasteiger charge is 2.12. The second kappa shape index (κ2) is 6.95. The standard InChI is InChI=1S/C17H14N4O.2ClH/c1-21-10-13(9-20-21)12-6-14(17(18)19-8-12)16-7-11-4-2-3-5-15(11)22-16;;/h2-10H,1H3,(H2,18,19);2*1H. The fourth-order valence-electron chi connectivity index (χ4n) is 2.52. The van der Waals surface area contributed by atoms with E-state index >= 15 is 0 Å². The van der Waals surface area contributed by atoms with Crippen LogP contribution in [0.15, 0.2) is 59.4 Å². The van der Waals surface area contributed by atoms with Gasteiger partial charge in [0.1, 0.15) is 17.2 Å². The maximum absolute atomic E-state index is 6.03. The number of hydrogen-bond acceptors (Lipinski definition) is 4. The monoisotopic (exact) mass is 362 g/mol. The molecule has 24 heavy (non-hydrogen) atoms. The zero-order valence-electron chi connectivity index (χ0n) is 12.8. The summed E-state index contributed by atoms with van der Waals surface area (Å²) in [6.45, 7) is 0. The number of nitrogens with two attached hydrogens (primary N) is 1. The normalized spacial score (nSPS) is 10.2. The number of halogens is 2. The number of nitrogen functional groups attached to an aromatic ring is 1. The third-order valence-electron chi connectivity index (χ3n) is 3.65. The van der Waals surface area contributed by atoms with E-state index in [1.165, 1.54) is 0 Å². The van der Waals surface area contributed by atoms with Gasteiger partial charge in [0.15, 0.2) is 0 Å². The highest BCUT2D eigenvalue weighted by molar-refractivity contribution is 5.86. The summed E-state index contributed by atoms with van der Waals surface area (Å²) in [5.41, 5.74) is 9.61. The van der Waals surface area contributed by atoms with E-state index < -0.39 is 0 Å². The molecule has 0 atom stereocenters. The summed E-state index contributed by atoms with van der Waals surface area (Å²) < 4.78 is 7.65. The van der Waals surface area contributed by atoms with E-state index in [0.29, 0.717) is 5.82 Å². The Morgan fingerprint density at radius 1 is 1.04 bits per heavy atom. The lowest BCUT2D eigenvalue weighted by atomic mass is 10.1. The minimum atomic E-state index is 0. The van der Waals surface area contributed by atoms with Gasteiger partial charge in [-0.2, -0.15) is 5.10 Å². The van der Waals surface area contributed by atoms with Crippen LogP contribution < -0.4 is 5.73 Å². The topological polar surface area (TPSA) is 69.9 Å². The largest absolute Gasteiger partial charge is 0.456 e. The minimum Gasteiger partial charge on any atom is -0.456 e. The molecular formula is C17H16Cl2N4O. The van der Waals surface area contributed by atoms with Gasteiger partial charge in [-0.15, -0.1) is 24.8 Å². The van der Waals surface area contributed by atoms with Crippen LogP contribution in [0.25, 0.3) is 33.4 Å². The number of benzene rings is 1. The Morgan fingerprint density at radius 3 is 2.54 bits per heavy atom. The smallest absolute Gasteiger partial charge is 0.139 e. The highest BCUT2D eigenvalue weighted by atomic mass is 35.5. The van der Waals surface area contributed by atoms with Gasteiger partial charge in [0.05, 0.1) is 11.8 Å². The van der Waals surface area contributed by atoms with Crippen molar-refractivity contribution in [3.63, 3.8) is 0 Å². The van der Waals surface area contributed by atoms with E-state index in [0.717, 1.165) is 33.4 Å². The first kappa shape index (κ1) is 17.8. The van der Waals surface area contributed by atoms with Crippen molar-refractivity contribution in [1.29, 1.82) is 0 Å². The molecule has 3 aromatic heterocycles. The van der Waals surface area contributed by atoms with Crippen LogP contribution in [-0.4, -0.2) is 14.8 Å². The second-order valence-electron chi connectivity index (χ2n) is 5.21. The number of pyridine rings is 1. The molecule has 5 nitrogen and oxygen atoms in total. The van der Waals surface area contributed by atoms with Crippen LogP contribution in [-0.2, 0) is 7.05 Å². The quantitative estimate of drug-likeness (QED) is 0.576. The number of anilines is 1. The molecule has 0 amide bonds. The van der Waals surface area contributed by atoms with Crippen LogP contribution in [0.1, 0.15) is 0 Å². The number of rotatable bonds is 2. The number of aryl methyl sites for hydroxylation is 1. The summed E-state index contributed by atoms with van der Waals surface area (Å²) >= 11 is 0. The van der Waals surface area contributed by atoms with Crippen molar-refractivity contribution in [3.05, 3.63) is 55.0 Å². The van der Waals surface area contributed by atoms with Gasteiger partial charge in [-0.25, -0.2) is 4.98 Å². The molecular weight excluding hydrogens is 347 g/mol.